The molecule has 3 rings (SSSR count). The maximum absolute atomic E-state index is 10.4. The van der Waals surface area contributed by atoms with Gasteiger partial charge in [0.1, 0.15) is 11.4 Å². The highest BCUT2D eigenvalue weighted by molar-refractivity contribution is 8.01. The maximum atomic E-state index is 10.4. The van der Waals surface area contributed by atoms with Crippen LogP contribution >= 0.6 is 48.4 Å². The van der Waals surface area contributed by atoms with Gasteiger partial charge in [0, 0.05) is 9.79 Å². The first kappa shape index (κ1) is 17.3. The molecule has 0 unspecified atom stereocenters. The molecule has 0 radical (unpaired) electrons. The summed E-state index contributed by atoms with van der Waals surface area (Å²) >= 11 is 11.4. The summed E-state index contributed by atoms with van der Waals surface area (Å²) in [6.45, 7) is 2.02. The number of phenolic OH excluding ortho intramolecular Hbond substituents is 2. The van der Waals surface area contributed by atoms with E-state index in [0.717, 1.165) is 10.1 Å². The Hall–Kier alpha value is -1.49. The van der Waals surface area contributed by atoms with Crippen molar-refractivity contribution in [3.8, 4) is 11.5 Å². The van der Waals surface area contributed by atoms with Crippen molar-refractivity contribution in [1.29, 1.82) is 0 Å². The minimum absolute atomic E-state index is 0.0858. The highest BCUT2D eigenvalue weighted by Gasteiger charge is 2.15. The lowest BCUT2D eigenvalue weighted by molar-refractivity contribution is 0.463. The SMILES string of the molecule is CCSc1nnc(N=Nc2c(S)cc3cc(S)cc(O)c3c2O)s1. The second kappa shape index (κ2) is 7.18. The van der Waals surface area contributed by atoms with Gasteiger partial charge in [-0.3, -0.25) is 0 Å². The normalized spacial score (nSPS) is 11.6. The highest BCUT2D eigenvalue weighted by Crippen LogP contribution is 2.45. The number of aromatic nitrogens is 2. The van der Waals surface area contributed by atoms with Gasteiger partial charge >= 0.3 is 0 Å². The van der Waals surface area contributed by atoms with E-state index >= 15 is 0 Å². The first-order valence-electron chi connectivity index (χ1n) is 6.78. The number of hydrogen-bond acceptors (Lipinski definition) is 10. The van der Waals surface area contributed by atoms with Crippen molar-refractivity contribution in [2.45, 2.75) is 21.1 Å². The average molecular weight is 397 g/mol. The van der Waals surface area contributed by atoms with Gasteiger partial charge in [-0.1, -0.05) is 30.0 Å². The molecule has 0 saturated carbocycles. The number of phenols is 2. The molecule has 0 saturated heterocycles. The van der Waals surface area contributed by atoms with Crippen molar-refractivity contribution in [1.82, 2.24) is 10.2 Å². The van der Waals surface area contributed by atoms with E-state index in [1.54, 1.807) is 23.9 Å². The fourth-order valence-electron chi connectivity index (χ4n) is 2.08. The van der Waals surface area contributed by atoms with E-state index < -0.39 is 0 Å². The van der Waals surface area contributed by atoms with Crippen molar-refractivity contribution in [2.75, 3.05) is 5.75 Å². The van der Waals surface area contributed by atoms with Crippen molar-refractivity contribution in [3.05, 3.63) is 18.2 Å². The second-order valence-electron chi connectivity index (χ2n) is 4.64. The number of aromatic hydroxyl groups is 2. The van der Waals surface area contributed by atoms with E-state index in [4.69, 9.17) is 0 Å². The summed E-state index contributed by atoms with van der Waals surface area (Å²) in [7, 11) is 0. The number of benzene rings is 2. The van der Waals surface area contributed by atoms with Gasteiger partial charge in [-0.2, -0.15) is 0 Å². The van der Waals surface area contributed by atoms with Crippen LogP contribution in [0.1, 0.15) is 6.92 Å². The highest BCUT2D eigenvalue weighted by atomic mass is 32.2. The molecule has 6 nitrogen and oxygen atoms in total. The van der Waals surface area contributed by atoms with E-state index in [2.05, 4.69) is 45.7 Å². The van der Waals surface area contributed by atoms with Crippen LogP contribution in [0.3, 0.4) is 0 Å². The van der Waals surface area contributed by atoms with E-state index in [1.165, 1.54) is 17.4 Å². The molecule has 0 aliphatic carbocycles. The quantitative estimate of drug-likeness (QED) is 0.276. The number of hydrogen-bond donors (Lipinski definition) is 4. The third kappa shape index (κ3) is 3.46. The molecule has 124 valence electrons. The van der Waals surface area contributed by atoms with Gasteiger partial charge in [0.15, 0.2) is 10.1 Å². The van der Waals surface area contributed by atoms with Gasteiger partial charge in [0.05, 0.1) is 5.39 Å². The van der Waals surface area contributed by atoms with Crippen LogP contribution in [-0.4, -0.2) is 26.2 Å². The zero-order valence-corrected chi connectivity index (χ0v) is 15.8. The Bertz CT molecular complexity index is 942. The zero-order chi connectivity index (χ0) is 17.3. The van der Waals surface area contributed by atoms with Crippen LogP contribution in [0.2, 0.25) is 0 Å². The first-order chi connectivity index (χ1) is 11.5. The molecule has 3 aromatic rings. The second-order valence-corrected chi connectivity index (χ2v) is 8.10. The molecule has 2 N–H and O–H groups in total. The molecular weight excluding hydrogens is 384 g/mol. The standard InChI is InChI=1S/C14H12N4O2S4/c1-2-23-14-18-17-13(24-14)16-15-11-9(22)4-6-3-7(21)5-8(19)10(6)12(11)20/h3-5,19-22H,2H2,1H3. The molecule has 0 aliphatic heterocycles. The lowest BCUT2D eigenvalue weighted by Crippen LogP contribution is -1.80. The minimum atomic E-state index is -0.195. The number of fused-ring (bicyclic) bond motifs is 1. The average Bonchev–Trinajstić information content (AvgIpc) is 2.94. The van der Waals surface area contributed by atoms with E-state index in [9.17, 15) is 10.2 Å². The summed E-state index contributed by atoms with van der Waals surface area (Å²) in [5, 5.41) is 37.7. The molecule has 2 aromatic carbocycles. The Balaban J connectivity index is 2.04. The molecule has 24 heavy (non-hydrogen) atoms. The van der Waals surface area contributed by atoms with Crippen molar-refractivity contribution in [3.63, 3.8) is 0 Å². The van der Waals surface area contributed by atoms with Crippen LogP contribution in [0.4, 0.5) is 10.8 Å². The van der Waals surface area contributed by atoms with E-state index in [0.29, 0.717) is 20.3 Å². The lowest BCUT2D eigenvalue weighted by atomic mass is 10.1. The van der Waals surface area contributed by atoms with Crippen LogP contribution in [-0.2, 0) is 0 Å². The number of thioether (sulfide) groups is 1. The van der Waals surface area contributed by atoms with Crippen LogP contribution in [0.5, 0.6) is 11.5 Å². The lowest BCUT2D eigenvalue weighted by Gasteiger charge is -2.09. The Labute approximate surface area is 156 Å². The van der Waals surface area contributed by atoms with Gasteiger partial charge in [0.2, 0.25) is 0 Å². The smallest absolute Gasteiger partial charge is 0.252 e. The Morgan fingerprint density at radius 3 is 2.71 bits per heavy atom. The van der Waals surface area contributed by atoms with Crippen LogP contribution in [0.15, 0.2) is 42.6 Å². The number of thiol groups is 2. The van der Waals surface area contributed by atoms with Crippen molar-refractivity contribution in [2.24, 2.45) is 10.2 Å². The molecule has 0 aliphatic rings. The minimum Gasteiger partial charge on any atom is -0.507 e. The monoisotopic (exact) mass is 396 g/mol. The van der Waals surface area contributed by atoms with Gasteiger partial charge < -0.3 is 10.2 Å². The van der Waals surface area contributed by atoms with Crippen molar-refractivity contribution >= 4 is 69.9 Å². The van der Waals surface area contributed by atoms with Gasteiger partial charge in [-0.15, -0.1) is 45.7 Å². The van der Waals surface area contributed by atoms with Crippen LogP contribution in [0, 0.1) is 0 Å². The Morgan fingerprint density at radius 1 is 1.17 bits per heavy atom. The van der Waals surface area contributed by atoms with Gasteiger partial charge in [0.25, 0.3) is 5.13 Å². The molecular formula is C14H12N4O2S4. The predicted molar refractivity (Wildman–Crippen MR) is 102 cm³/mol. The first-order valence-corrected chi connectivity index (χ1v) is 9.48. The third-order valence-corrected chi connectivity index (χ3v) is 5.45. The van der Waals surface area contributed by atoms with Crippen LogP contribution in [0.25, 0.3) is 10.8 Å². The predicted octanol–water partition coefficient (Wildman–Crippen LogP) is 5.21. The molecule has 0 atom stereocenters. The summed E-state index contributed by atoms with van der Waals surface area (Å²) in [6, 6.07) is 4.85. The van der Waals surface area contributed by atoms with Crippen LogP contribution < -0.4 is 0 Å². The molecule has 10 heteroatoms. The van der Waals surface area contributed by atoms with E-state index in [1.807, 2.05) is 6.92 Å². The summed E-state index contributed by atoms with van der Waals surface area (Å²) in [5.74, 6) is 0.613. The van der Waals surface area contributed by atoms with Gasteiger partial charge in [-0.25, -0.2) is 0 Å². The largest absolute Gasteiger partial charge is 0.507 e. The Morgan fingerprint density at radius 2 is 1.96 bits per heavy atom. The zero-order valence-electron chi connectivity index (χ0n) is 12.3. The summed E-state index contributed by atoms with van der Waals surface area (Å²) < 4.78 is 0.805. The molecule has 0 spiro atoms. The summed E-state index contributed by atoms with van der Waals surface area (Å²) in [5.41, 5.74) is 0.160. The maximum Gasteiger partial charge on any atom is 0.252 e. The van der Waals surface area contributed by atoms with Gasteiger partial charge in [-0.05, 0) is 29.3 Å². The number of azo groups is 1. The fourth-order valence-corrected chi connectivity index (χ4v) is 4.19. The molecule has 0 fully saturated rings. The summed E-state index contributed by atoms with van der Waals surface area (Å²) in [4.78, 5) is 1.01. The van der Waals surface area contributed by atoms with Crippen molar-refractivity contribution < 1.29 is 10.2 Å². The molecule has 0 amide bonds. The number of rotatable bonds is 4. The third-order valence-electron chi connectivity index (χ3n) is 3.03. The summed E-state index contributed by atoms with van der Waals surface area (Å²) in [6.07, 6.45) is 0. The molecule has 1 aromatic heterocycles. The molecule has 0 bridgehead atoms. The number of nitrogens with zero attached hydrogens (tertiary/aromatic N) is 4. The fraction of sp³-hybridized carbons (Fsp3) is 0.143. The van der Waals surface area contributed by atoms with E-state index in [-0.39, 0.29) is 22.6 Å². The Kier molecular flexibility index (Phi) is 5.18. The molecule has 1 heterocycles. The topological polar surface area (TPSA) is 91.0 Å².